The third-order valence-corrected chi connectivity index (χ3v) is 2.06. The van der Waals surface area contributed by atoms with Gasteiger partial charge in [0.2, 0.25) is 0 Å². The predicted molar refractivity (Wildman–Crippen MR) is 86.1 cm³/mol. The summed E-state index contributed by atoms with van der Waals surface area (Å²) in [6, 6.07) is 0. The number of quaternary nitrogens is 4. The molecule has 0 fully saturated rings. The van der Waals surface area contributed by atoms with E-state index in [-0.39, 0.29) is 45.1 Å². The summed E-state index contributed by atoms with van der Waals surface area (Å²) in [5.74, 6) is -17.5. The van der Waals surface area contributed by atoms with Gasteiger partial charge in [-0.3, -0.25) is 0 Å². The largest absolute Gasteiger partial charge is 2.00 e. The Kier molecular flexibility index (Phi) is 68.4. The summed E-state index contributed by atoms with van der Waals surface area (Å²) in [5, 5.41) is 76.0. The third-order valence-electron chi connectivity index (χ3n) is 2.06. The van der Waals surface area contributed by atoms with Gasteiger partial charge in [-0.25, -0.2) is 0 Å². The van der Waals surface area contributed by atoms with Gasteiger partial charge >= 0.3 is 34.1 Å². The van der Waals surface area contributed by atoms with Crippen molar-refractivity contribution in [3.63, 3.8) is 0 Å². The average molecular weight is 665 g/mol. The van der Waals surface area contributed by atoms with Crippen LogP contribution in [0.5, 0.6) is 0 Å². The van der Waals surface area contributed by atoms with Crippen molar-refractivity contribution in [1.82, 2.24) is 0 Å². The molecule has 0 unspecified atom stereocenters. The Bertz CT molecular complexity index is 527. The molecule has 0 aromatic heterocycles. The molecule has 0 saturated heterocycles. The second kappa shape index (κ2) is 43.6. The van der Waals surface area contributed by atoms with Gasteiger partial charge in [-0.2, -0.15) is 0 Å². The average Bonchev–Trinajstić information content (AvgIpc) is 2.72. The minimum Gasteiger partial charge on any atom is -0.543 e. The fraction of sp³-hybridized carbons (Fsp3) is 0.429. The van der Waals surface area contributed by atoms with E-state index in [1.54, 1.807) is 0 Å². The Hall–Kier alpha value is -3.44. The van der Waals surface area contributed by atoms with Crippen LogP contribution in [-0.2, 0) is 72.5 Å². The van der Waals surface area contributed by atoms with E-state index in [2.05, 4.69) is 22.1 Å². The first-order chi connectivity index (χ1) is 15.5. The van der Waals surface area contributed by atoms with Crippen LogP contribution in [0.4, 0.5) is 0 Å². The zero-order chi connectivity index (χ0) is 28.3. The predicted octanol–water partition coefficient (Wildman–Crippen LogP) is -21.1. The van der Waals surface area contributed by atoms with E-state index in [4.69, 9.17) is 79.2 Å². The van der Waals surface area contributed by atoms with Crippen LogP contribution >= 0.6 is 0 Å². The van der Waals surface area contributed by atoms with Gasteiger partial charge in [-0.05, 0) is 0 Å². The Labute approximate surface area is 233 Å². The molecule has 38 heavy (non-hydrogen) atoms. The number of hydrogen-bond donors (Lipinski definition) is 4. The van der Waals surface area contributed by atoms with Crippen LogP contribution in [0.3, 0.4) is 0 Å². The first-order valence-electron chi connectivity index (χ1n) is 8.40. The Morgan fingerprint density at radius 2 is 0.526 bits per heavy atom. The zero-order valence-electron chi connectivity index (χ0n) is 18.9. The molecule has 24 heteroatoms. The molecule has 0 atom stereocenters. The number of carbonyl (C=O) groups is 8. The molecule has 0 amide bonds. The summed E-state index contributed by atoms with van der Waals surface area (Å²) >= 11 is 0. The maximum Gasteiger partial charge on any atom is 2.00 e. The van der Waals surface area contributed by atoms with Crippen LogP contribution < -0.4 is 63.0 Å². The van der Waals surface area contributed by atoms with E-state index in [0.717, 1.165) is 26.2 Å². The molecule has 0 rings (SSSR count). The molecule has 0 aliphatic rings. The Balaban J connectivity index is -0.0000000392. The molecule has 0 aliphatic heterocycles. The first kappa shape index (κ1) is 59.6. The SMILES string of the molecule is O.O.O=C([O-])C(=O)[O-].O=C([O-])C(=O)[O-].O=C([O-])C(=O)[O-].O=C([O-])C(=O)[O-].[Cu+2].[Cu+2].[NH3+]CC[NH2+]CC[NH2+]CC[NH3+]. The van der Waals surface area contributed by atoms with Crippen molar-refractivity contribution < 1.29 is 146 Å². The maximum absolute atomic E-state index is 8.93. The molecular weight excluding hydrogens is 639 g/mol. The smallest absolute Gasteiger partial charge is 0.543 e. The minimum atomic E-state index is -2.19. The van der Waals surface area contributed by atoms with Crippen LogP contribution in [-0.4, -0.2) is 98.0 Å². The van der Waals surface area contributed by atoms with E-state index >= 15 is 0 Å². The van der Waals surface area contributed by atoms with Gasteiger partial charge in [0.05, 0.1) is 47.8 Å². The number of nitrogens with two attached hydrogens (primary N) is 2. The fourth-order valence-electron chi connectivity index (χ4n) is 0.813. The Morgan fingerprint density at radius 1 is 0.395 bits per heavy atom. The molecule has 232 valence electrons. The molecule has 22 nitrogen and oxygen atoms in total. The van der Waals surface area contributed by atoms with E-state index < -0.39 is 47.8 Å². The van der Waals surface area contributed by atoms with Gasteiger partial charge in [0.15, 0.2) is 0 Å². The molecule has 0 aromatic rings. The number of hydrogen-bond acceptors (Lipinski definition) is 16. The first-order valence-corrected chi connectivity index (χ1v) is 8.40. The van der Waals surface area contributed by atoms with E-state index in [9.17, 15) is 0 Å². The van der Waals surface area contributed by atoms with Crippen LogP contribution in [0.15, 0.2) is 0 Å². The summed E-state index contributed by atoms with van der Waals surface area (Å²) in [7, 11) is 0. The van der Waals surface area contributed by atoms with E-state index in [1.165, 1.54) is 13.1 Å². The van der Waals surface area contributed by atoms with Crippen molar-refractivity contribution >= 4 is 47.8 Å². The van der Waals surface area contributed by atoms with Crippen LogP contribution in [0.1, 0.15) is 0 Å². The van der Waals surface area contributed by atoms with Crippen LogP contribution in [0, 0.1) is 0 Å². The Morgan fingerprint density at radius 3 is 0.605 bits per heavy atom. The number of carbonyl (C=O) groups excluding carboxylic acids is 8. The van der Waals surface area contributed by atoms with Crippen molar-refractivity contribution in [2.75, 3.05) is 39.3 Å². The van der Waals surface area contributed by atoms with Gasteiger partial charge in [0, 0.05) is 0 Å². The van der Waals surface area contributed by atoms with Gasteiger partial charge in [0.25, 0.3) is 0 Å². The topological polar surface area (TPSA) is 473 Å². The van der Waals surface area contributed by atoms with Crippen molar-refractivity contribution in [2.24, 2.45) is 0 Å². The molecule has 0 saturated carbocycles. The van der Waals surface area contributed by atoms with E-state index in [0.29, 0.717) is 0 Å². The summed E-state index contributed by atoms with van der Waals surface area (Å²) in [6.07, 6.45) is 0. The number of rotatable bonds is 7. The van der Waals surface area contributed by atoms with Gasteiger partial charge in [0.1, 0.15) is 39.3 Å². The fourth-order valence-corrected chi connectivity index (χ4v) is 0.813. The molecule has 0 spiro atoms. The van der Waals surface area contributed by atoms with E-state index in [1.807, 2.05) is 0 Å². The maximum atomic E-state index is 8.93. The molecule has 14 N–H and O–H groups in total. The number of carboxylic acids is 8. The summed E-state index contributed by atoms with van der Waals surface area (Å²) < 4.78 is 0. The van der Waals surface area contributed by atoms with Crippen molar-refractivity contribution in [1.29, 1.82) is 0 Å². The van der Waals surface area contributed by atoms with Crippen molar-refractivity contribution in [3.05, 3.63) is 0 Å². The standard InChI is InChI=1S/C6H18N4.4C2H2O4.2Cu.2H2O/c7-1-3-9-5-6-10-4-2-8;4*3-1(4)2(5)6;;;;/h9-10H,1-8H2;4*(H,3,4)(H,5,6);;;2*1H2/q;;;;;2*+2;;/p-4. The number of aliphatic carboxylic acids is 8. The monoisotopic (exact) mass is 664 g/mol. The molecule has 0 bridgehead atoms. The summed E-state index contributed by atoms with van der Waals surface area (Å²) in [4.78, 5) is 71.4. The second-order valence-corrected chi connectivity index (χ2v) is 4.74. The normalized spacial score (nSPS) is 7.32. The molecule has 0 aliphatic carbocycles. The molecular formula is C14H26Cu2N4O18. The number of carboxylic acid groups (broad SMARTS) is 8. The zero-order valence-corrected chi connectivity index (χ0v) is 20.8. The van der Waals surface area contributed by atoms with Gasteiger partial charge < -0.3 is 112 Å². The van der Waals surface area contributed by atoms with Gasteiger partial charge in [-0.15, -0.1) is 0 Å². The third kappa shape index (κ3) is 84.8. The summed E-state index contributed by atoms with van der Waals surface area (Å²) in [6.45, 7) is 6.84. The minimum absolute atomic E-state index is 0. The summed E-state index contributed by atoms with van der Waals surface area (Å²) in [5.41, 5.74) is 7.54. The quantitative estimate of drug-likeness (QED) is 0.111. The second-order valence-electron chi connectivity index (χ2n) is 4.74. The molecule has 0 heterocycles. The molecule has 2 radical (unpaired) electrons. The van der Waals surface area contributed by atoms with Crippen molar-refractivity contribution in [2.45, 2.75) is 0 Å². The van der Waals surface area contributed by atoms with Crippen LogP contribution in [0.2, 0.25) is 0 Å². The molecule has 0 aromatic carbocycles. The van der Waals surface area contributed by atoms with Crippen molar-refractivity contribution in [3.8, 4) is 0 Å². The van der Waals surface area contributed by atoms with Crippen LogP contribution in [0.25, 0.3) is 0 Å². The van der Waals surface area contributed by atoms with Gasteiger partial charge in [-0.1, -0.05) is 0 Å².